The van der Waals surface area contributed by atoms with Gasteiger partial charge in [-0.15, -0.1) is 5.10 Å². The van der Waals surface area contributed by atoms with Crippen LogP contribution in [0.1, 0.15) is 43.0 Å². The van der Waals surface area contributed by atoms with E-state index in [4.69, 9.17) is 26.4 Å². The van der Waals surface area contributed by atoms with Crippen LogP contribution in [0.5, 0.6) is 5.75 Å². The molecule has 1 atom stereocenters. The minimum absolute atomic E-state index is 0.192. The van der Waals surface area contributed by atoms with Gasteiger partial charge in [0, 0.05) is 22.2 Å². The quantitative estimate of drug-likeness (QED) is 0.210. The Balaban J connectivity index is 1.44. The topological polar surface area (TPSA) is 81.1 Å². The molecule has 0 saturated heterocycles. The third-order valence-electron chi connectivity index (χ3n) is 6.30. The molecule has 1 aliphatic heterocycles. The first-order valence-electron chi connectivity index (χ1n) is 12.8. The Hall–Kier alpha value is -3.75. The third-order valence-corrected chi connectivity index (χ3v) is 7.60. The van der Waals surface area contributed by atoms with Crippen molar-refractivity contribution in [2.24, 2.45) is 0 Å². The molecular formula is C30H30ClN5O2S. The molecule has 9 heteroatoms. The first kappa shape index (κ1) is 26.8. The van der Waals surface area contributed by atoms with Gasteiger partial charge < -0.3 is 15.4 Å². The Bertz CT molecular complexity index is 1500. The molecule has 7 nitrogen and oxygen atoms in total. The Morgan fingerprint density at radius 2 is 1.87 bits per heavy atom. The van der Waals surface area contributed by atoms with Gasteiger partial charge in [0.05, 0.1) is 5.57 Å². The summed E-state index contributed by atoms with van der Waals surface area (Å²) in [6.07, 6.45) is 1.02. The number of hydrogen-bond acceptors (Lipinski definition) is 6. The standard InChI is InChI=1S/C30H30ClN5O2S/c1-4-16-39-30-34-29-32-20(3)26(28(37)33-24-7-5-6-19(2)17-24)27(36(29)35-30)22-10-14-25(15-11-22)38-18-21-8-12-23(31)13-9-21/h5-15,17,27H,4,16,18H2,1-3H3,(H,33,37)(H,32,34,35). The van der Waals surface area contributed by atoms with Crippen molar-refractivity contribution in [1.29, 1.82) is 0 Å². The van der Waals surface area contributed by atoms with Crippen molar-refractivity contribution in [2.75, 3.05) is 16.4 Å². The lowest BCUT2D eigenvalue weighted by atomic mass is 9.95. The van der Waals surface area contributed by atoms with Crippen molar-refractivity contribution in [3.05, 3.63) is 106 Å². The van der Waals surface area contributed by atoms with Crippen molar-refractivity contribution in [1.82, 2.24) is 14.8 Å². The molecule has 2 N–H and O–H groups in total. The second kappa shape index (κ2) is 12.0. The summed E-state index contributed by atoms with van der Waals surface area (Å²) in [5.74, 6) is 2.07. The van der Waals surface area contributed by atoms with Gasteiger partial charge in [-0.1, -0.05) is 66.7 Å². The van der Waals surface area contributed by atoms with Gasteiger partial charge in [0.15, 0.2) is 0 Å². The number of allylic oxidation sites excluding steroid dienone is 1. The largest absolute Gasteiger partial charge is 0.489 e. The number of aromatic nitrogens is 3. The first-order chi connectivity index (χ1) is 18.9. The number of hydrogen-bond donors (Lipinski definition) is 2. The monoisotopic (exact) mass is 559 g/mol. The summed E-state index contributed by atoms with van der Waals surface area (Å²) in [7, 11) is 0. The number of halogens is 1. The fourth-order valence-corrected chi connectivity index (χ4v) is 5.21. The van der Waals surface area contributed by atoms with E-state index in [1.54, 1.807) is 16.4 Å². The van der Waals surface area contributed by atoms with Crippen molar-refractivity contribution in [3.63, 3.8) is 0 Å². The van der Waals surface area contributed by atoms with Crippen LogP contribution < -0.4 is 15.4 Å². The Kier molecular flexibility index (Phi) is 8.24. The van der Waals surface area contributed by atoms with Crippen LogP contribution in [-0.4, -0.2) is 26.4 Å². The molecule has 0 aliphatic carbocycles. The third kappa shape index (κ3) is 6.29. The second-order valence-electron chi connectivity index (χ2n) is 9.39. The Morgan fingerprint density at radius 1 is 1.10 bits per heavy atom. The van der Waals surface area contributed by atoms with Crippen LogP contribution in [0.4, 0.5) is 11.6 Å². The highest BCUT2D eigenvalue weighted by molar-refractivity contribution is 7.99. The van der Waals surface area contributed by atoms with E-state index in [1.165, 1.54) is 0 Å². The number of benzene rings is 3. The number of rotatable bonds is 9. The average Bonchev–Trinajstić information content (AvgIpc) is 3.33. The maximum Gasteiger partial charge on any atom is 0.255 e. The molecule has 0 radical (unpaired) electrons. The van der Waals surface area contributed by atoms with Crippen molar-refractivity contribution in [3.8, 4) is 5.75 Å². The van der Waals surface area contributed by atoms with E-state index in [9.17, 15) is 4.79 Å². The molecule has 39 heavy (non-hydrogen) atoms. The molecule has 1 aromatic heterocycles. The predicted molar refractivity (Wildman–Crippen MR) is 158 cm³/mol. The van der Waals surface area contributed by atoms with E-state index in [1.807, 2.05) is 86.6 Å². The van der Waals surface area contributed by atoms with Gasteiger partial charge >= 0.3 is 0 Å². The highest BCUT2D eigenvalue weighted by Crippen LogP contribution is 2.37. The summed E-state index contributed by atoms with van der Waals surface area (Å²) in [4.78, 5) is 18.4. The van der Waals surface area contributed by atoms with E-state index in [-0.39, 0.29) is 5.91 Å². The molecule has 1 aliphatic rings. The molecule has 1 amide bonds. The van der Waals surface area contributed by atoms with Gasteiger partial charge in [-0.25, -0.2) is 4.68 Å². The van der Waals surface area contributed by atoms with Crippen molar-refractivity contribution in [2.45, 2.75) is 45.0 Å². The maximum absolute atomic E-state index is 13.7. The molecule has 5 rings (SSSR count). The van der Waals surface area contributed by atoms with E-state index in [2.05, 4.69) is 17.6 Å². The smallest absolute Gasteiger partial charge is 0.255 e. The summed E-state index contributed by atoms with van der Waals surface area (Å²) >= 11 is 7.59. The minimum Gasteiger partial charge on any atom is -0.489 e. The Morgan fingerprint density at radius 3 is 2.59 bits per heavy atom. The van der Waals surface area contributed by atoms with Crippen LogP contribution in [0.3, 0.4) is 0 Å². The molecular weight excluding hydrogens is 530 g/mol. The highest BCUT2D eigenvalue weighted by Gasteiger charge is 2.34. The number of anilines is 2. The number of thioether (sulfide) groups is 1. The molecule has 4 aromatic rings. The van der Waals surface area contributed by atoms with Crippen LogP contribution in [0.15, 0.2) is 89.2 Å². The molecule has 0 fully saturated rings. The van der Waals surface area contributed by atoms with Crippen LogP contribution >= 0.6 is 23.4 Å². The molecule has 2 heterocycles. The van der Waals surface area contributed by atoms with Gasteiger partial charge in [-0.05, 0) is 73.4 Å². The summed E-state index contributed by atoms with van der Waals surface area (Å²) in [5, 5.41) is 12.5. The lowest BCUT2D eigenvalue weighted by Crippen LogP contribution is -2.31. The van der Waals surface area contributed by atoms with Gasteiger partial charge in [0.1, 0.15) is 18.4 Å². The molecule has 0 bridgehead atoms. The fourth-order valence-electron chi connectivity index (χ4n) is 4.40. The van der Waals surface area contributed by atoms with Gasteiger partial charge in [0.2, 0.25) is 11.1 Å². The zero-order chi connectivity index (χ0) is 27.4. The molecule has 0 spiro atoms. The molecule has 200 valence electrons. The maximum atomic E-state index is 13.7. The summed E-state index contributed by atoms with van der Waals surface area (Å²) < 4.78 is 7.80. The number of carbonyl (C=O) groups excluding carboxylic acids is 1. The Labute approximate surface area is 237 Å². The number of amides is 1. The van der Waals surface area contributed by atoms with E-state index < -0.39 is 6.04 Å². The first-order valence-corrected chi connectivity index (χ1v) is 14.2. The lowest BCUT2D eigenvalue weighted by molar-refractivity contribution is -0.113. The molecule has 3 aromatic carbocycles. The number of fused-ring (bicyclic) bond motifs is 1. The fraction of sp³-hybridized carbons (Fsp3) is 0.233. The van der Waals surface area contributed by atoms with Crippen molar-refractivity contribution >= 4 is 40.9 Å². The zero-order valence-corrected chi connectivity index (χ0v) is 23.6. The van der Waals surface area contributed by atoms with Gasteiger partial charge in [0.25, 0.3) is 5.91 Å². The van der Waals surface area contributed by atoms with Crippen LogP contribution in [0.25, 0.3) is 0 Å². The van der Waals surface area contributed by atoms with Crippen LogP contribution in [0.2, 0.25) is 5.02 Å². The average molecular weight is 560 g/mol. The minimum atomic E-state index is -0.458. The number of ether oxygens (including phenoxy) is 1. The second-order valence-corrected chi connectivity index (χ2v) is 10.9. The van der Waals surface area contributed by atoms with Crippen LogP contribution in [0, 0.1) is 6.92 Å². The number of nitrogens with one attached hydrogen (secondary N) is 2. The molecule has 1 unspecified atom stereocenters. The summed E-state index contributed by atoms with van der Waals surface area (Å²) in [5.41, 5.74) is 5.06. The van der Waals surface area contributed by atoms with Crippen molar-refractivity contribution < 1.29 is 9.53 Å². The zero-order valence-electron chi connectivity index (χ0n) is 22.1. The van der Waals surface area contributed by atoms with E-state index in [0.717, 1.165) is 46.0 Å². The van der Waals surface area contributed by atoms with Gasteiger partial charge in [-0.3, -0.25) is 4.79 Å². The van der Waals surface area contributed by atoms with E-state index in [0.29, 0.717) is 28.3 Å². The lowest BCUT2D eigenvalue weighted by Gasteiger charge is -2.28. The number of aryl methyl sites for hydroxylation is 1. The number of carbonyl (C=O) groups is 1. The summed E-state index contributed by atoms with van der Waals surface area (Å²) in [6, 6.07) is 22.7. The summed E-state index contributed by atoms with van der Waals surface area (Å²) in [6.45, 7) is 6.45. The normalized spacial score (nSPS) is 14.5. The van der Waals surface area contributed by atoms with Crippen LogP contribution in [-0.2, 0) is 11.4 Å². The SMILES string of the molecule is CCCSc1nc2n(n1)C(c1ccc(OCc3ccc(Cl)cc3)cc1)C(C(=O)Nc1cccc(C)c1)=C(C)N2. The number of nitrogens with zero attached hydrogens (tertiary/aromatic N) is 3. The molecule has 0 saturated carbocycles. The van der Waals surface area contributed by atoms with E-state index >= 15 is 0 Å². The highest BCUT2D eigenvalue weighted by atomic mass is 35.5. The predicted octanol–water partition coefficient (Wildman–Crippen LogP) is 7.25. The van der Waals surface area contributed by atoms with Gasteiger partial charge in [-0.2, -0.15) is 4.98 Å².